The SMILES string of the molecule is O=C(c1cc2c(cc1Br)OCCO2)C1CCC1. The zero-order chi connectivity index (χ0) is 11.8. The van der Waals surface area contributed by atoms with Crippen molar-refractivity contribution in [3.05, 3.63) is 22.2 Å². The lowest BCUT2D eigenvalue weighted by Gasteiger charge is -2.25. The number of ether oxygens (including phenoxy) is 2. The van der Waals surface area contributed by atoms with Crippen molar-refractivity contribution < 1.29 is 14.3 Å². The number of carbonyl (C=O) groups excluding carboxylic acids is 1. The largest absolute Gasteiger partial charge is 0.486 e. The number of ketones is 1. The smallest absolute Gasteiger partial charge is 0.167 e. The molecule has 90 valence electrons. The third kappa shape index (κ3) is 1.95. The quantitative estimate of drug-likeness (QED) is 0.786. The summed E-state index contributed by atoms with van der Waals surface area (Å²) in [6.07, 6.45) is 3.19. The molecule has 0 radical (unpaired) electrons. The lowest BCUT2D eigenvalue weighted by atomic mass is 9.80. The maximum atomic E-state index is 12.2. The van der Waals surface area contributed by atoms with Crippen molar-refractivity contribution in [3.8, 4) is 11.5 Å². The topological polar surface area (TPSA) is 35.5 Å². The number of benzene rings is 1. The summed E-state index contributed by atoms with van der Waals surface area (Å²) in [5.41, 5.74) is 0.721. The van der Waals surface area contributed by atoms with E-state index < -0.39 is 0 Å². The average molecular weight is 297 g/mol. The molecule has 4 heteroatoms. The Morgan fingerprint density at radius 3 is 2.41 bits per heavy atom. The number of Topliss-reactive ketones (excluding diaryl/α,β-unsaturated/α-hetero) is 1. The molecule has 17 heavy (non-hydrogen) atoms. The molecule has 3 rings (SSSR count). The van der Waals surface area contributed by atoms with E-state index in [0.717, 1.165) is 22.9 Å². The molecule has 2 aliphatic rings. The minimum Gasteiger partial charge on any atom is -0.486 e. The minimum absolute atomic E-state index is 0.203. The van der Waals surface area contributed by atoms with Crippen molar-refractivity contribution in [2.75, 3.05) is 13.2 Å². The maximum absolute atomic E-state index is 12.2. The van der Waals surface area contributed by atoms with E-state index in [0.29, 0.717) is 24.7 Å². The molecule has 3 nitrogen and oxygen atoms in total. The van der Waals surface area contributed by atoms with Gasteiger partial charge in [0.05, 0.1) is 0 Å². The van der Waals surface area contributed by atoms with E-state index in [4.69, 9.17) is 9.47 Å². The number of rotatable bonds is 2. The van der Waals surface area contributed by atoms with Gasteiger partial charge in [-0.05, 0) is 40.9 Å². The molecule has 0 atom stereocenters. The van der Waals surface area contributed by atoms with E-state index in [1.54, 1.807) is 6.07 Å². The molecule has 0 N–H and O–H groups in total. The maximum Gasteiger partial charge on any atom is 0.167 e. The Labute approximate surface area is 108 Å². The predicted octanol–water partition coefficient (Wildman–Crippen LogP) is 3.20. The molecule has 0 unspecified atom stereocenters. The second-order valence-electron chi connectivity index (χ2n) is 4.47. The van der Waals surface area contributed by atoms with Crippen LogP contribution in [0.3, 0.4) is 0 Å². The lowest BCUT2D eigenvalue weighted by Crippen LogP contribution is -2.23. The monoisotopic (exact) mass is 296 g/mol. The summed E-state index contributed by atoms with van der Waals surface area (Å²) in [7, 11) is 0. The Bertz CT molecular complexity index is 466. The summed E-state index contributed by atoms with van der Waals surface area (Å²) in [6.45, 7) is 1.11. The van der Waals surface area contributed by atoms with Crippen LogP contribution < -0.4 is 9.47 Å². The molecule has 1 aromatic carbocycles. The zero-order valence-corrected chi connectivity index (χ0v) is 11.0. The zero-order valence-electron chi connectivity index (χ0n) is 9.37. The molecule has 0 amide bonds. The van der Waals surface area contributed by atoms with Gasteiger partial charge in [0.15, 0.2) is 17.3 Å². The molecular formula is C13H13BrO3. The highest BCUT2D eigenvalue weighted by Crippen LogP contribution is 2.38. The number of halogens is 1. The summed E-state index contributed by atoms with van der Waals surface area (Å²) in [5.74, 6) is 1.82. The molecule has 0 bridgehead atoms. The molecule has 1 aliphatic carbocycles. The van der Waals surface area contributed by atoms with Crippen LogP contribution in [0.5, 0.6) is 11.5 Å². The summed E-state index contributed by atoms with van der Waals surface area (Å²) >= 11 is 3.44. The first kappa shape index (κ1) is 11.1. The van der Waals surface area contributed by atoms with Gasteiger partial charge in [0, 0.05) is 16.0 Å². The van der Waals surface area contributed by atoms with E-state index in [2.05, 4.69) is 15.9 Å². The van der Waals surface area contributed by atoms with Gasteiger partial charge < -0.3 is 9.47 Å². The summed E-state index contributed by atoms with van der Waals surface area (Å²) in [5, 5.41) is 0. The summed E-state index contributed by atoms with van der Waals surface area (Å²) in [4.78, 5) is 12.2. The summed E-state index contributed by atoms with van der Waals surface area (Å²) < 4.78 is 11.8. The Morgan fingerprint density at radius 1 is 1.18 bits per heavy atom. The van der Waals surface area contributed by atoms with Crippen molar-refractivity contribution >= 4 is 21.7 Å². The van der Waals surface area contributed by atoms with Gasteiger partial charge in [-0.25, -0.2) is 0 Å². The van der Waals surface area contributed by atoms with Crippen molar-refractivity contribution in [2.24, 2.45) is 5.92 Å². The van der Waals surface area contributed by atoms with Crippen LogP contribution in [0.1, 0.15) is 29.6 Å². The summed E-state index contributed by atoms with van der Waals surface area (Å²) in [6, 6.07) is 3.64. The molecule has 1 aromatic rings. The molecule has 0 aromatic heterocycles. The first-order chi connectivity index (χ1) is 8.25. The second kappa shape index (κ2) is 4.33. The predicted molar refractivity (Wildman–Crippen MR) is 66.8 cm³/mol. The molecular weight excluding hydrogens is 284 g/mol. The standard InChI is InChI=1S/C13H13BrO3/c14-10-7-12-11(16-4-5-17-12)6-9(10)13(15)8-2-1-3-8/h6-8H,1-5H2. The third-order valence-corrected chi connectivity index (χ3v) is 4.03. The highest BCUT2D eigenvalue weighted by Gasteiger charge is 2.28. The minimum atomic E-state index is 0.203. The number of hydrogen-bond donors (Lipinski definition) is 0. The number of carbonyl (C=O) groups is 1. The van der Waals surface area contributed by atoms with Crippen LogP contribution in [0.4, 0.5) is 0 Å². The van der Waals surface area contributed by atoms with Crippen LogP contribution in [0.15, 0.2) is 16.6 Å². The first-order valence-corrected chi connectivity index (χ1v) is 6.68. The van der Waals surface area contributed by atoms with Gasteiger partial charge >= 0.3 is 0 Å². The van der Waals surface area contributed by atoms with E-state index in [1.807, 2.05) is 6.07 Å². The Morgan fingerprint density at radius 2 is 1.82 bits per heavy atom. The van der Waals surface area contributed by atoms with Crippen LogP contribution >= 0.6 is 15.9 Å². The highest BCUT2D eigenvalue weighted by atomic mass is 79.9. The highest BCUT2D eigenvalue weighted by molar-refractivity contribution is 9.10. The fourth-order valence-corrected chi connectivity index (χ4v) is 2.66. The van der Waals surface area contributed by atoms with Gasteiger partial charge in [-0.1, -0.05) is 6.42 Å². The number of fused-ring (bicyclic) bond motifs is 1. The van der Waals surface area contributed by atoms with E-state index in [-0.39, 0.29) is 11.7 Å². The van der Waals surface area contributed by atoms with E-state index in [1.165, 1.54) is 6.42 Å². The van der Waals surface area contributed by atoms with E-state index >= 15 is 0 Å². The average Bonchev–Trinajstić information content (AvgIpc) is 2.25. The van der Waals surface area contributed by atoms with Gasteiger partial charge in [-0.15, -0.1) is 0 Å². The van der Waals surface area contributed by atoms with Crippen LogP contribution in [0.2, 0.25) is 0 Å². The molecule has 0 spiro atoms. The lowest BCUT2D eigenvalue weighted by molar-refractivity contribution is 0.0853. The van der Waals surface area contributed by atoms with Crippen molar-refractivity contribution in [1.29, 1.82) is 0 Å². The van der Waals surface area contributed by atoms with Crippen molar-refractivity contribution in [2.45, 2.75) is 19.3 Å². The molecule has 1 fully saturated rings. The van der Waals surface area contributed by atoms with Gasteiger partial charge in [-0.2, -0.15) is 0 Å². The normalized spacial score (nSPS) is 18.6. The third-order valence-electron chi connectivity index (χ3n) is 3.37. The van der Waals surface area contributed by atoms with Crippen LogP contribution in [0, 0.1) is 5.92 Å². The Balaban J connectivity index is 1.95. The van der Waals surface area contributed by atoms with Gasteiger partial charge in [-0.3, -0.25) is 4.79 Å². The van der Waals surface area contributed by atoms with Crippen LogP contribution in [-0.2, 0) is 0 Å². The molecule has 1 aliphatic heterocycles. The van der Waals surface area contributed by atoms with Crippen LogP contribution in [-0.4, -0.2) is 19.0 Å². The fourth-order valence-electron chi connectivity index (χ4n) is 2.14. The first-order valence-electron chi connectivity index (χ1n) is 5.89. The van der Waals surface area contributed by atoms with Gasteiger partial charge in [0.25, 0.3) is 0 Å². The van der Waals surface area contributed by atoms with Crippen molar-refractivity contribution in [3.63, 3.8) is 0 Å². The molecule has 1 saturated carbocycles. The molecule has 1 heterocycles. The van der Waals surface area contributed by atoms with Gasteiger partial charge in [0.1, 0.15) is 13.2 Å². The van der Waals surface area contributed by atoms with Gasteiger partial charge in [0.2, 0.25) is 0 Å². The number of hydrogen-bond acceptors (Lipinski definition) is 3. The van der Waals surface area contributed by atoms with E-state index in [9.17, 15) is 4.79 Å². The van der Waals surface area contributed by atoms with Crippen LogP contribution in [0.25, 0.3) is 0 Å². The second-order valence-corrected chi connectivity index (χ2v) is 5.32. The fraction of sp³-hybridized carbons (Fsp3) is 0.462. The Hall–Kier alpha value is -1.03. The Kier molecular flexibility index (Phi) is 2.82. The molecule has 0 saturated heterocycles. The van der Waals surface area contributed by atoms with Crippen molar-refractivity contribution in [1.82, 2.24) is 0 Å².